The fourth-order valence-corrected chi connectivity index (χ4v) is 1.82. The van der Waals surface area contributed by atoms with E-state index in [4.69, 9.17) is 5.73 Å². The Kier molecular flexibility index (Phi) is 3.80. The molecule has 98 valence electrons. The molecule has 1 aromatic heterocycles. The first-order valence-electron chi connectivity index (χ1n) is 6.09. The van der Waals surface area contributed by atoms with Gasteiger partial charge in [-0.15, -0.1) is 0 Å². The quantitative estimate of drug-likeness (QED) is 0.856. The molecule has 0 bridgehead atoms. The Morgan fingerprint density at radius 3 is 2.63 bits per heavy atom. The van der Waals surface area contributed by atoms with E-state index in [1.165, 1.54) is 0 Å². The highest BCUT2D eigenvalue weighted by Crippen LogP contribution is 2.14. The number of aryl methyl sites for hydroxylation is 1. The average molecular weight is 255 g/mol. The molecular formula is C15H17N3O. The number of carbonyl (C=O) groups excluding carboxylic acids is 1. The number of aromatic nitrogens is 1. The first kappa shape index (κ1) is 13.1. The van der Waals surface area contributed by atoms with E-state index < -0.39 is 0 Å². The summed E-state index contributed by atoms with van der Waals surface area (Å²) in [7, 11) is 1.76. The molecule has 1 heterocycles. The molecule has 1 aromatic carbocycles. The lowest BCUT2D eigenvalue weighted by atomic mass is 10.1. The van der Waals surface area contributed by atoms with Crippen LogP contribution in [0.5, 0.6) is 0 Å². The SMILES string of the molecule is Cc1ccc(C(=O)N(C)Cc2ccccc2N)cn1. The van der Waals surface area contributed by atoms with Gasteiger partial charge in [0.05, 0.1) is 5.56 Å². The highest BCUT2D eigenvalue weighted by atomic mass is 16.2. The lowest BCUT2D eigenvalue weighted by Crippen LogP contribution is -2.26. The summed E-state index contributed by atoms with van der Waals surface area (Å²) in [6.45, 7) is 2.38. The third-order valence-electron chi connectivity index (χ3n) is 2.97. The van der Waals surface area contributed by atoms with Crippen LogP contribution in [-0.4, -0.2) is 22.8 Å². The van der Waals surface area contributed by atoms with Crippen LogP contribution in [0.15, 0.2) is 42.6 Å². The zero-order valence-corrected chi connectivity index (χ0v) is 11.1. The topological polar surface area (TPSA) is 59.2 Å². The van der Waals surface area contributed by atoms with Gasteiger partial charge in [-0.1, -0.05) is 18.2 Å². The van der Waals surface area contributed by atoms with Crippen LogP contribution in [0, 0.1) is 6.92 Å². The fourth-order valence-electron chi connectivity index (χ4n) is 1.82. The van der Waals surface area contributed by atoms with Crippen molar-refractivity contribution in [3.05, 3.63) is 59.4 Å². The number of hydrogen-bond acceptors (Lipinski definition) is 3. The molecule has 0 atom stereocenters. The van der Waals surface area contributed by atoms with Crippen LogP contribution in [0.2, 0.25) is 0 Å². The molecular weight excluding hydrogens is 238 g/mol. The number of para-hydroxylation sites is 1. The second-order valence-electron chi connectivity index (χ2n) is 4.55. The minimum atomic E-state index is -0.0595. The van der Waals surface area contributed by atoms with Gasteiger partial charge in [-0.25, -0.2) is 0 Å². The van der Waals surface area contributed by atoms with Gasteiger partial charge in [0.15, 0.2) is 0 Å². The summed E-state index contributed by atoms with van der Waals surface area (Å²) in [5.74, 6) is -0.0595. The van der Waals surface area contributed by atoms with Gasteiger partial charge in [0, 0.05) is 31.2 Å². The number of carbonyl (C=O) groups is 1. The van der Waals surface area contributed by atoms with Gasteiger partial charge >= 0.3 is 0 Å². The van der Waals surface area contributed by atoms with E-state index in [0.717, 1.165) is 11.3 Å². The summed E-state index contributed by atoms with van der Waals surface area (Å²) < 4.78 is 0. The largest absolute Gasteiger partial charge is 0.398 e. The molecule has 19 heavy (non-hydrogen) atoms. The van der Waals surface area contributed by atoms with Crippen LogP contribution in [0.25, 0.3) is 0 Å². The molecule has 0 saturated heterocycles. The first-order valence-corrected chi connectivity index (χ1v) is 6.09. The Labute approximate surface area is 112 Å². The molecule has 2 N–H and O–H groups in total. The second kappa shape index (κ2) is 5.52. The molecule has 1 amide bonds. The van der Waals surface area contributed by atoms with E-state index in [9.17, 15) is 4.79 Å². The lowest BCUT2D eigenvalue weighted by molar-refractivity contribution is 0.0785. The zero-order chi connectivity index (χ0) is 13.8. The maximum absolute atomic E-state index is 12.2. The molecule has 0 unspecified atom stereocenters. The number of nitrogens with zero attached hydrogens (tertiary/aromatic N) is 2. The standard InChI is InChI=1S/C15H17N3O/c1-11-7-8-12(9-17-11)15(19)18(2)10-13-5-3-4-6-14(13)16/h3-9H,10,16H2,1-2H3. The van der Waals surface area contributed by atoms with Crippen LogP contribution in [0.1, 0.15) is 21.6 Å². The zero-order valence-electron chi connectivity index (χ0n) is 11.1. The maximum Gasteiger partial charge on any atom is 0.255 e. The number of anilines is 1. The van der Waals surface area contributed by atoms with Crippen LogP contribution < -0.4 is 5.73 Å². The fraction of sp³-hybridized carbons (Fsp3) is 0.200. The predicted molar refractivity (Wildman–Crippen MR) is 75.6 cm³/mol. The van der Waals surface area contributed by atoms with Crippen LogP contribution in [-0.2, 0) is 6.54 Å². The molecule has 4 nitrogen and oxygen atoms in total. The smallest absolute Gasteiger partial charge is 0.255 e. The van der Waals surface area contributed by atoms with Crippen molar-refractivity contribution < 1.29 is 4.79 Å². The summed E-state index contributed by atoms with van der Waals surface area (Å²) in [5, 5.41) is 0. The summed E-state index contributed by atoms with van der Waals surface area (Å²) >= 11 is 0. The summed E-state index contributed by atoms with van der Waals surface area (Å²) in [6, 6.07) is 11.2. The number of nitrogens with two attached hydrogens (primary N) is 1. The van der Waals surface area contributed by atoms with E-state index in [1.54, 1.807) is 24.2 Å². The molecule has 0 aliphatic rings. The second-order valence-corrected chi connectivity index (χ2v) is 4.55. The average Bonchev–Trinajstić information content (AvgIpc) is 2.41. The van der Waals surface area contributed by atoms with E-state index in [-0.39, 0.29) is 5.91 Å². The van der Waals surface area contributed by atoms with E-state index >= 15 is 0 Å². The van der Waals surface area contributed by atoms with Gasteiger partial charge in [-0.3, -0.25) is 9.78 Å². The van der Waals surface area contributed by atoms with Gasteiger partial charge in [0.25, 0.3) is 5.91 Å². The highest BCUT2D eigenvalue weighted by Gasteiger charge is 2.13. The third kappa shape index (κ3) is 3.10. The van der Waals surface area contributed by atoms with Gasteiger partial charge in [0.2, 0.25) is 0 Å². The molecule has 0 saturated carbocycles. The van der Waals surface area contributed by atoms with Gasteiger partial charge < -0.3 is 10.6 Å². The van der Waals surface area contributed by atoms with Crippen molar-refractivity contribution >= 4 is 11.6 Å². The first-order chi connectivity index (χ1) is 9.08. The summed E-state index contributed by atoms with van der Waals surface area (Å²) in [4.78, 5) is 18.0. The van der Waals surface area contributed by atoms with E-state index in [2.05, 4.69) is 4.98 Å². The number of rotatable bonds is 3. The van der Waals surface area contributed by atoms with Crippen LogP contribution in [0.4, 0.5) is 5.69 Å². The van der Waals surface area contributed by atoms with Crippen molar-refractivity contribution in [2.75, 3.05) is 12.8 Å². The summed E-state index contributed by atoms with van der Waals surface area (Å²) in [6.07, 6.45) is 1.60. The Bertz CT molecular complexity index is 578. The predicted octanol–water partition coefficient (Wildman–Crippen LogP) is 2.24. The number of benzene rings is 1. The number of amides is 1. The van der Waals surface area contributed by atoms with Crippen LogP contribution in [0.3, 0.4) is 0 Å². The molecule has 0 fully saturated rings. The number of hydrogen-bond donors (Lipinski definition) is 1. The maximum atomic E-state index is 12.2. The van der Waals surface area contributed by atoms with Crippen molar-refractivity contribution in [3.63, 3.8) is 0 Å². The van der Waals surface area contributed by atoms with Gasteiger partial charge in [-0.2, -0.15) is 0 Å². The van der Waals surface area contributed by atoms with Crippen molar-refractivity contribution in [1.29, 1.82) is 0 Å². The van der Waals surface area contributed by atoms with Gasteiger partial charge in [-0.05, 0) is 30.7 Å². The van der Waals surface area contributed by atoms with Crippen molar-refractivity contribution in [1.82, 2.24) is 9.88 Å². The third-order valence-corrected chi connectivity index (χ3v) is 2.97. The van der Waals surface area contributed by atoms with Crippen molar-refractivity contribution in [3.8, 4) is 0 Å². The van der Waals surface area contributed by atoms with Crippen molar-refractivity contribution in [2.45, 2.75) is 13.5 Å². The molecule has 2 rings (SSSR count). The minimum absolute atomic E-state index is 0.0595. The van der Waals surface area contributed by atoms with Gasteiger partial charge in [0.1, 0.15) is 0 Å². The molecule has 0 spiro atoms. The molecule has 0 aliphatic heterocycles. The molecule has 0 radical (unpaired) electrons. The summed E-state index contributed by atoms with van der Waals surface area (Å²) in [5.41, 5.74) is 9.00. The minimum Gasteiger partial charge on any atom is -0.398 e. The lowest BCUT2D eigenvalue weighted by Gasteiger charge is -2.18. The Balaban J connectivity index is 2.12. The van der Waals surface area contributed by atoms with Crippen LogP contribution >= 0.6 is 0 Å². The highest BCUT2D eigenvalue weighted by molar-refractivity contribution is 5.93. The normalized spacial score (nSPS) is 10.2. The molecule has 2 aromatic rings. The van der Waals surface area contributed by atoms with Crippen molar-refractivity contribution in [2.24, 2.45) is 0 Å². The van der Waals surface area contributed by atoms with E-state index in [1.807, 2.05) is 37.3 Å². The Morgan fingerprint density at radius 1 is 1.26 bits per heavy atom. The Hall–Kier alpha value is -2.36. The monoisotopic (exact) mass is 255 g/mol. The Morgan fingerprint density at radius 2 is 2.00 bits per heavy atom. The molecule has 0 aliphatic carbocycles. The number of nitrogen functional groups attached to an aromatic ring is 1. The molecule has 4 heteroatoms. The van der Waals surface area contributed by atoms with E-state index in [0.29, 0.717) is 17.8 Å². The number of pyridine rings is 1.